The molecular formula is C27H29N3. The van der Waals surface area contributed by atoms with Crippen molar-refractivity contribution in [2.45, 2.75) is 25.8 Å². The van der Waals surface area contributed by atoms with Crippen molar-refractivity contribution in [2.75, 3.05) is 18.5 Å². The molecule has 152 valence electrons. The standard InChI is InChI=1S/C27H29N3/c1-29(25-18-10-4-11-19-25)20-12-5-13-21-30-22-28-26(23-14-6-2-7-15-23)27(30)24-16-8-3-9-17-24/h2-4,6-11,14-19,22H,5,12-13,20-21H2,1H3. The number of benzene rings is 3. The van der Waals surface area contributed by atoms with Crippen molar-refractivity contribution in [3.8, 4) is 22.5 Å². The maximum absolute atomic E-state index is 4.78. The molecule has 1 heterocycles. The maximum Gasteiger partial charge on any atom is 0.0963 e. The first-order valence-corrected chi connectivity index (χ1v) is 10.7. The van der Waals surface area contributed by atoms with Gasteiger partial charge in [-0.15, -0.1) is 0 Å². The zero-order chi connectivity index (χ0) is 20.6. The summed E-state index contributed by atoms with van der Waals surface area (Å²) < 4.78 is 2.32. The predicted molar refractivity (Wildman–Crippen MR) is 127 cm³/mol. The molecule has 0 bridgehead atoms. The molecule has 3 nitrogen and oxygen atoms in total. The van der Waals surface area contributed by atoms with E-state index in [9.17, 15) is 0 Å². The Hall–Kier alpha value is -3.33. The Morgan fingerprint density at radius 3 is 1.97 bits per heavy atom. The van der Waals surface area contributed by atoms with Crippen LogP contribution in [0.15, 0.2) is 97.3 Å². The van der Waals surface area contributed by atoms with Crippen LogP contribution in [0.25, 0.3) is 22.5 Å². The number of anilines is 1. The van der Waals surface area contributed by atoms with Gasteiger partial charge < -0.3 is 9.47 Å². The molecule has 30 heavy (non-hydrogen) atoms. The molecule has 3 heteroatoms. The second-order valence-corrected chi connectivity index (χ2v) is 7.68. The van der Waals surface area contributed by atoms with Crippen LogP contribution in [0.1, 0.15) is 19.3 Å². The van der Waals surface area contributed by atoms with E-state index in [0.29, 0.717) is 0 Å². The predicted octanol–water partition coefficient (Wildman–Crippen LogP) is 6.52. The fraction of sp³-hybridized carbons (Fsp3) is 0.222. The highest BCUT2D eigenvalue weighted by Gasteiger charge is 2.14. The second-order valence-electron chi connectivity index (χ2n) is 7.68. The first kappa shape index (κ1) is 20.0. The van der Waals surface area contributed by atoms with Gasteiger partial charge in [-0.1, -0.05) is 78.9 Å². The molecule has 0 unspecified atom stereocenters. The summed E-state index contributed by atoms with van der Waals surface area (Å²) in [5, 5.41) is 0. The van der Waals surface area contributed by atoms with Gasteiger partial charge in [0.05, 0.1) is 17.7 Å². The third kappa shape index (κ3) is 4.80. The van der Waals surface area contributed by atoms with Crippen LogP contribution in [0, 0.1) is 0 Å². The van der Waals surface area contributed by atoms with Gasteiger partial charge in [-0.25, -0.2) is 4.98 Å². The smallest absolute Gasteiger partial charge is 0.0963 e. The van der Waals surface area contributed by atoms with Crippen LogP contribution in [0.2, 0.25) is 0 Å². The molecule has 3 aromatic carbocycles. The molecule has 0 N–H and O–H groups in total. The van der Waals surface area contributed by atoms with Crippen LogP contribution in [-0.2, 0) is 6.54 Å². The lowest BCUT2D eigenvalue weighted by molar-refractivity contribution is 0.589. The summed E-state index contributed by atoms with van der Waals surface area (Å²) in [6.45, 7) is 2.06. The first-order chi connectivity index (χ1) is 14.8. The number of nitrogens with zero attached hydrogens (tertiary/aromatic N) is 3. The number of imidazole rings is 1. The number of unbranched alkanes of at least 4 members (excludes halogenated alkanes) is 2. The van der Waals surface area contributed by atoms with Crippen molar-refractivity contribution in [1.82, 2.24) is 9.55 Å². The topological polar surface area (TPSA) is 21.1 Å². The van der Waals surface area contributed by atoms with Gasteiger partial charge in [0.1, 0.15) is 0 Å². The number of aromatic nitrogens is 2. The van der Waals surface area contributed by atoms with Crippen molar-refractivity contribution >= 4 is 5.69 Å². The molecule has 0 aliphatic carbocycles. The van der Waals surface area contributed by atoms with Crippen LogP contribution in [-0.4, -0.2) is 23.1 Å². The van der Waals surface area contributed by atoms with Gasteiger partial charge in [0.25, 0.3) is 0 Å². The molecule has 0 atom stereocenters. The summed E-state index contributed by atoms with van der Waals surface area (Å²) in [5.41, 5.74) is 5.94. The SMILES string of the molecule is CN(CCCCCn1cnc(-c2ccccc2)c1-c1ccccc1)c1ccccc1. The largest absolute Gasteiger partial charge is 0.375 e. The summed E-state index contributed by atoms with van der Waals surface area (Å²) >= 11 is 0. The van der Waals surface area contributed by atoms with Gasteiger partial charge in [0.15, 0.2) is 0 Å². The molecule has 1 aromatic heterocycles. The van der Waals surface area contributed by atoms with Gasteiger partial charge >= 0.3 is 0 Å². The number of para-hydroxylation sites is 1. The second kappa shape index (κ2) is 9.93. The Morgan fingerprint density at radius 1 is 0.700 bits per heavy atom. The lowest BCUT2D eigenvalue weighted by Crippen LogP contribution is -2.18. The Kier molecular flexibility index (Phi) is 6.61. The summed E-state index contributed by atoms with van der Waals surface area (Å²) in [4.78, 5) is 7.12. The Labute approximate surface area is 179 Å². The molecule has 0 spiro atoms. The van der Waals surface area contributed by atoms with E-state index >= 15 is 0 Å². The van der Waals surface area contributed by atoms with Crippen molar-refractivity contribution in [3.05, 3.63) is 97.3 Å². The Morgan fingerprint density at radius 2 is 1.30 bits per heavy atom. The average Bonchev–Trinajstić information content (AvgIpc) is 3.24. The lowest BCUT2D eigenvalue weighted by Gasteiger charge is -2.19. The number of hydrogen-bond acceptors (Lipinski definition) is 2. The highest BCUT2D eigenvalue weighted by molar-refractivity contribution is 5.78. The zero-order valence-electron chi connectivity index (χ0n) is 17.6. The monoisotopic (exact) mass is 395 g/mol. The molecule has 4 rings (SSSR count). The van der Waals surface area contributed by atoms with E-state index in [2.05, 4.69) is 108 Å². The zero-order valence-corrected chi connectivity index (χ0v) is 17.6. The van der Waals surface area contributed by atoms with E-state index < -0.39 is 0 Å². The van der Waals surface area contributed by atoms with Crippen molar-refractivity contribution in [3.63, 3.8) is 0 Å². The fourth-order valence-corrected chi connectivity index (χ4v) is 3.88. The first-order valence-electron chi connectivity index (χ1n) is 10.7. The Balaban J connectivity index is 1.41. The van der Waals surface area contributed by atoms with E-state index in [1.54, 1.807) is 0 Å². The van der Waals surface area contributed by atoms with Crippen LogP contribution in [0.3, 0.4) is 0 Å². The number of hydrogen-bond donors (Lipinski definition) is 0. The van der Waals surface area contributed by atoms with E-state index in [4.69, 9.17) is 4.98 Å². The molecule has 4 aromatic rings. The van der Waals surface area contributed by atoms with Crippen molar-refractivity contribution in [1.29, 1.82) is 0 Å². The van der Waals surface area contributed by atoms with Crippen LogP contribution in [0.4, 0.5) is 5.69 Å². The van der Waals surface area contributed by atoms with Crippen LogP contribution in [0.5, 0.6) is 0 Å². The van der Waals surface area contributed by atoms with Crippen molar-refractivity contribution in [2.24, 2.45) is 0 Å². The van der Waals surface area contributed by atoms with E-state index in [1.165, 1.54) is 35.3 Å². The summed E-state index contributed by atoms with van der Waals surface area (Å²) in [6.07, 6.45) is 5.53. The van der Waals surface area contributed by atoms with E-state index in [0.717, 1.165) is 25.2 Å². The summed E-state index contributed by atoms with van der Waals surface area (Å²) in [7, 11) is 2.17. The van der Waals surface area contributed by atoms with Gasteiger partial charge in [-0.05, 0) is 31.4 Å². The molecule has 0 aliphatic rings. The number of rotatable bonds is 9. The summed E-state index contributed by atoms with van der Waals surface area (Å²) in [6, 6.07) is 31.7. The minimum absolute atomic E-state index is 0.985. The van der Waals surface area contributed by atoms with Crippen LogP contribution < -0.4 is 4.90 Å². The summed E-state index contributed by atoms with van der Waals surface area (Å²) in [5.74, 6) is 0. The minimum Gasteiger partial charge on any atom is -0.375 e. The van der Waals surface area contributed by atoms with E-state index in [1.807, 2.05) is 6.33 Å². The lowest BCUT2D eigenvalue weighted by atomic mass is 10.0. The van der Waals surface area contributed by atoms with Gasteiger partial charge in [-0.2, -0.15) is 0 Å². The third-order valence-electron chi connectivity index (χ3n) is 5.52. The third-order valence-corrected chi connectivity index (χ3v) is 5.52. The molecule has 0 saturated carbocycles. The maximum atomic E-state index is 4.78. The van der Waals surface area contributed by atoms with E-state index in [-0.39, 0.29) is 0 Å². The molecule has 0 radical (unpaired) electrons. The normalized spacial score (nSPS) is 10.8. The van der Waals surface area contributed by atoms with Gasteiger partial charge in [-0.3, -0.25) is 0 Å². The van der Waals surface area contributed by atoms with Gasteiger partial charge in [0, 0.05) is 37.0 Å². The highest BCUT2D eigenvalue weighted by atomic mass is 15.1. The van der Waals surface area contributed by atoms with Gasteiger partial charge in [0.2, 0.25) is 0 Å². The Bertz CT molecular complexity index is 1020. The molecule has 0 amide bonds. The quantitative estimate of drug-likeness (QED) is 0.301. The van der Waals surface area contributed by atoms with Crippen LogP contribution >= 0.6 is 0 Å². The molecule has 0 saturated heterocycles. The highest BCUT2D eigenvalue weighted by Crippen LogP contribution is 2.31. The molecular weight excluding hydrogens is 366 g/mol. The molecule has 0 aliphatic heterocycles. The average molecular weight is 396 g/mol. The molecule has 0 fully saturated rings. The number of aryl methyl sites for hydroxylation is 1. The fourth-order valence-electron chi connectivity index (χ4n) is 3.88. The van der Waals surface area contributed by atoms with Crippen molar-refractivity contribution < 1.29 is 0 Å². The minimum atomic E-state index is 0.985.